The number of methoxy groups -OCH3 is 2. The summed E-state index contributed by atoms with van der Waals surface area (Å²) in [5.41, 5.74) is -0.769. The Morgan fingerprint density at radius 2 is 1.23 bits per heavy atom. The van der Waals surface area contributed by atoms with E-state index in [1.165, 1.54) is 14.2 Å². The van der Waals surface area contributed by atoms with E-state index in [0.29, 0.717) is 5.56 Å². The second-order valence-electron chi connectivity index (χ2n) is 9.41. The maximum Gasteiger partial charge on any atom is 0.190 e. The summed E-state index contributed by atoms with van der Waals surface area (Å²) in [4.78, 5) is 39.3. The summed E-state index contributed by atoms with van der Waals surface area (Å²) in [5.74, 6) is -2.07. The zero-order valence-electron chi connectivity index (χ0n) is 21.6. The number of Topliss-reactive ketones (excluding diaryl/α,β-unsaturated/α-hetero) is 1. The molecule has 0 saturated carbocycles. The van der Waals surface area contributed by atoms with Gasteiger partial charge in [0.05, 0.1) is 38.2 Å². The Bertz CT molecular complexity index is 1940. The van der Waals surface area contributed by atoms with E-state index in [1.54, 1.807) is 6.92 Å². The van der Waals surface area contributed by atoms with Crippen molar-refractivity contribution in [2.24, 2.45) is 0 Å². The standard InChI is InChI=1S/C29H26O10/c1-5-13-18-21-16(11(8-30)6-14(33)19(21)26(36)28(13)38-3)17-12(9-31)7-15(34)20-22(17)23(18)24(25(35)10(2)32)29(39-4)27(20)37/h6-7,25,30-31,35-37H,5,8-9H2,1-4H3. The molecule has 0 spiro atoms. The Kier molecular flexibility index (Phi) is 6.21. The molecular weight excluding hydrogens is 508 g/mol. The molecule has 0 aliphatic carbocycles. The molecule has 1 atom stereocenters. The number of aliphatic hydroxyl groups excluding tert-OH is 3. The summed E-state index contributed by atoms with van der Waals surface area (Å²) in [6.45, 7) is 1.69. The van der Waals surface area contributed by atoms with Gasteiger partial charge in [0.2, 0.25) is 0 Å². The molecule has 5 aromatic rings. The molecule has 202 valence electrons. The zero-order valence-corrected chi connectivity index (χ0v) is 21.6. The largest absolute Gasteiger partial charge is 0.504 e. The first kappa shape index (κ1) is 26.4. The topological polar surface area (TPSA) is 171 Å². The SMILES string of the molecule is CCc1c(OC)c(O)c2c(=O)cc(CO)c3c4c(CO)cc(=O)c5c(O)c(OC)c(C(O)C(C)=O)c(c1c23)c54. The van der Waals surface area contributed by atoms with E-state index in [9.17, 15) is 39.9 Å². The maximum absolute atomic E-state index is 13.4. The Labute approximate surface area is 220 Å². The highest BCUT2D eigenvalue weighted by Crippen LogP contribution is 2.54. The highest BCUT2D eigenvalue weighted by molar-refractivity contribution is 6.37. The third-order valence-electron chi connectivity index (χ3n) is 7.50. The van der Waals surface area contributed by atoms with E-state index in [2.05, 4.69) is 0 Å². The van der Waals surface area contributed by atoms with Gasteiger partial charge in [-0.15, -0.1) is 0 Å². The molecule has 5 rings (SSSR count). The molecule has 10 nitrogen and oxygen atoms in total. The number of ketones is 1. The van der Waals surface area contributed by atoms with Gasteiger partial charge in [-0.2, -0.15) is 0 Å². The number of carbonyl (C=O) groups excluding carboxylic acids is 1. The average molecular weight is 535 g/mol. The molecule has 0 heterocycles. The van der Waals surface area contributed by atoms with E-state index in [4.69, 9.17) is 9.47 Å². The van der Waals surface area contributed by atoms with Crippen LogP contribution in [0.4, 0.5) is 0 Å². The lowest BCUT2D eigenvalue weighted by Crippen LogP contribution is -2.15. The van der Waals surface area contributed by atoms with Crippen LogP contribution in [0.2, 0.25) is 0 Å². The smallest absolute Gasteiger partial charge is 0.190 e. The van der Waals surface area contributed by atoms with E-state index < -0.39 is 47.5 Å². The normalized spacial score (nSPS) is 12.7. The molecule has 5 N–H and O–H groups in total. The summed E-state index contributed by atoms with van der Waals surface area (Å²) in [5, 5.41) is 55.1. The number of ether oxygens (including phenoxy) is 2. The first-order valence-electron chi connectivity index (χ1n) is 12.2. The van der Waals surface area contributed by atoms with Crippen LogP contribution >= 0.6 is 0 Å². The number of hydrogen-bond donors (Lipinski definition) is 5. The Balaban J connectivity index is 2.43. The van der Waals surface area contributed by atoms with Crippen LogP contribution in [0.5, 0.6) is 23.0 Å². The molecule has 5 aromatic carbocycles. The first-order valence-corrected chi connectivity index (χ1v) is 12.2. The van der Waals surface area contributed by atoms with Gasteiger partial charge in [-0.05, 0) is 52.8 Å². The van der Waals surface area contributed by atoms with Gasteiger partial charge in [-0.1, -0.05) is 6.92 Å². The van der Waals surface area contributed by atoms with Gasteiger partial charge in [0.25, 0.3) is 0 Å². The van der Waals surface area contributed by atoms with Gasteiger partial charge in [-0.3, -0.25) is 14.4 Å². The lowest BCUT2D eigenvalue weighted by Gasteiger charge is -2.26. The number of aliphatic hydroxyl groups is 3. The summed E-state index contributed by atoms with van der Waals surface area (Å²) >= 11 is 0. The van der Waals surface area contributed by atoms with Crippen molar-refractivity contribution >= 4 is 48.9 Å². The number of rotatable bonds is 7. The van der Waals surface area contributed by atoms with E-state index >= 15 is 0 Å². The van der Waals surface area contributed by atoms with Gasteiger partial charge in [0, 0.05) is 27.3 Å². The minimum Gasteiger partial charge on any atom is -0.504 e. The number of phenolic OH excluding ortho intramolecular Hbond substituents is 2. The third kappa shape index (κ3) is 3.29. The zero-order chi connectivity index (χ0) is 28.5. The number of phenols is 2. The van der Waals surface area contributed by atoms with Crippen LogP contribution in [0.3, 0.4) is 0 Å². The molecule has 0 radical (unpaired) electrons. The van der Waals surface area contributed by atoms with Crippen LogP contribution in [0.15, 0.2) is 21.7 Å². The number of aryl methyl sites for hydroxylation is 1. The van der Waals surface area contributed by atoms with Crippen molar-refractivity contribution < 1.29 is 39.8 Å². The van der Waals surface area contributed by atoms with Gasteiger partial charge in [0.15, 0.2) is 39.6 Å². The molecule has 0 bridgehead atoms. The summed E-state index contributed by atoms with van der Waals surface area (Å²) < 4.78 is 11.0. The number of benzene rings is 5. The first-order chi connectivity index (χ1) is 18.6. The molecule has 0 amide bonds. The van der Waals surface area contributed by atoms with E-state index in [-0.39, 0.29) is 77.7 Å². The Morgan fingerprint density at radius 3 is 1.64 bits per heavy atom. The molecule has 39 heavy (non-hydrogen) atoms. The van der Waals surface area contributed by atoms with Crippen molar-refractivity contribution in [1.29, 1.82) is 0 Å². The van der Waals surface area contributed by atoms with Crippen LogP contribution in [0.25, 0.3) is 43.1 Å². The maximum atomic E-state index is 13.4. The second-order valence-corrected chi connectivity index (χ2v) is 9.41. The van der Waals surface area contributed by atoms with Gasteiger partial charge in [0.1, 0.15) is 6.10 Å². The predicted molar refractivity (Wildman–Crippen MR) is 145 cm³/mol. The molecule has 0 aliphatic heterocycles. The Hall–Kier alpha value is -4.25. The van der Waals surface area contributed by atoms with Crippen LogP contribution in [0, 0.1) is 0 Å². The summed E-state index contributed by atoms with van der Waals surface area (Å²) in [7, 11) is 2.52. The van der Waals surface area contributed by atoms with Gasteiger partial charge in [-0.25, -0.2) is 0 Å². The van der Waals surface area contributed by atoms with Gasteiger partial charge >= 0.3 is 0 Å². The fraction of sp³-hybridized carbons (Fsp3) is 0.276. The number of carbonyl (C=O) groups is 1. The summed E-state index contributed by atoms with van der Waals surface area (Å²) in [6.07, 6.45) is -1.58. The summed E-state index contributed by atoms with van der Waals surface area (Å²) in [6, 6.07) is 2.29. The van der Waals surface area contributed by atoms with Crippen LogP contribution in [-0.2, 0) is 24.4 Å². The van der Waals surface area contributed by atoms with Crippen molar-refractivity contribution in [3.05, 3.63) is 54.8 Å². The number of hydrogen-bond acceptors (Lipinski definition) is 10. The van der Waals surface area contributed by atoms with Crippen molar-refractivity contribution in [1.82, 2.24) is 0 Å². The van der Waals surface area contributed by atoms with Crippen molar-refractivity contribution in [2.75, 3.05) is 14.2 Å². The second kappa shape index (κ2) is 9.19. The molecule has 1 unspecified atom stereocenters. The minimum absolute atomic E-state index is 0.0210. The van der Waals surface area contributed by atoms with E-state index in [0.717, 1.165) is 19.1 Å². The average Bonchev–Trinajstić information content (AvgIpc) is 2.91. The van der Waals surface area contributed by atoms with Crippen LogP contribution in [-0.4, -0.2) is 45.5 Å². The highest BCUT2D eigenvalue weighted by Gasteiger charge is 2.34. The fourth-order valence-corrected chi connectivity index (χ4v) is 5.99. The van der Waals surface area contributed by atoms with E-state index in [1.807, 2.05) is 0 Å². The molecule has 0 aliphatic rings. The predicted octanol–water partition coefficient (Wildman–Crippen LogP) is 2.49. The highest BCUT2D eigenvalue weighted by atomic mass is 16.5. The fourth-order valence-electron chi connectivity index (χ4n) is 5.99. The van der Waals surface area contributed by atoms with Crippen molar-refractivity contribution in [3.8, 4) is 23.0 Å². The van der Waals surface area contributed by atoms with Crippen molar-refractivity contribution in [2.45, 2.75) is 39.6 Å². The van der Waals surface area contributed by atoms with Crippen LogP contribution in [0.1, 0.15) is 42.2 Å². The van der Waals surface area contributed by atoms with Gasteiger partial charge < -0.3 is 35.0 Å². The lowest BCUT2D eigenvalue weighted by molar-refractivity contribution is -0.125. The molecule has 10 heteroatoms. The third-order valence-corrected chi connectivity index (χ3v) is 7.50. The minimum atomic E-state index is -1.82. The number of aromatic hydroxyl groups is 2. The number of fused-ring (bicyclic) bond motifs is 2. The lowest BCUT2D eigenvalue weighted by atomic mass is 9.80. The molecular formula is C29H26O10. The quantitative estimate of drug-likeness (QED) is 0.154. The molecule has 0 saturated heterocycles. The monoisotopic (exact) mass is 534 g/mol. The molecule has 0 aromatic heterocycles. The Morgan fingerprint density at radius 1 is 0.769 bits per heavy atom. The van der Waals surface area contributed by atoms with Crippen molar-refractivity contribution in [3.63, 3.8) is 0 Å². The molecule has 0 fully saturated rings. The van der Waals surface area contributed by atoms with Crippen LogP contribution < -0.4 is 20.3 Å².